The molecule has 1 aromatic rings. The summed E-state index contributed by atoms with van der Waals surface area (Å²) in [6, 6.07) is 7.37. The quantitative estimate of drug-likeness (QED) is 0.785. The molecule has 1 fully saturated rings. The Morgan fingerprint density at radius 2 is 2.00 bits per heavy atom. The van der Waals surface area contributed by atoms with Gasteiger partial charge in [-0.2, -0.15) is 0 Å². The molecule has 5 heteroatoms. The van der Waals surface area contributed by atoms with E-state index in [1.165, 1.54) is 4.90 Å². The SMILES string of the molecule is Cc1cccc(C(N)CN2C(=O)COCC2=O)c1. The highest BCUT2D eigenvalue weighted by Gasteiger charge is 2.28. The zero-order chi connectivity index (χ0) is 13.1. The molecule has 1 aliphatic heterocycles. The lowest BCUT2D eigenvalue weighted by molar-refractivity contribution is -0.158. The van der Waals surface area contributed by atoms with Gasteiger partial charge in [0.2, 0.25) is 0 Å². The maximum absolute atomic E-state index is 11.6. The second-order valence-corrected chi connectivity index (χ2v) is 4.41. The highest BCUT2D eigenvalue weighted by Crippen LogP contribution is 2.15. The van der Waals surface area contributed by atoms with Crippen LogP contribution < -0.4 is 5.73 Å². The van der Waals surface area contributed by atoms with Crippen molar-refractivity contribution in [1.82, 2.24) is 4.90 Å². The highest BCUT2D eigenvalue weighted by atomic mass is 16.5. The normalized spacial score (nSPS) is 18.0. The first-order valence-corrected chi connectivity index (χ1v) is 5.81. The van der Waals surface area contributed by atoms with Crippen molar-refractivity contribution in [2.75, 3.05) is 19.8 Å². The van der Waals surface area contributed by atoms with E-state index in [0.29, 0.717) is 0 Å². The molecule has 0 saturated carbocycles. The number of rotatable bonds is 3. The van der Waals surface area contributed by atoms with E-state index in [0.717, 1.165) is 11.1 Å². The van der Waals surface area contributed by atoms with Crippen LogP contribution in [0, 0.1) is 6.92 Å². The van der Waals surface area contributed by atoms with Gasteiger partial charge in [0.25, 0.3) is 11.8 Å². The van der Waals surface area contributed by atoms with Gasteiger partial charge in [-0.1, -0.05) is 29.8 Å². The summed E-state index contributed by atoms with van der Waals surface area (Å²) in [5.74, 6) is -0.649. The first-order valence-electron chi connectivity index (χ1n) is 5.81. The minimum Gasteiger partial charge on any atom is -0.362 e. The van der Waals surface area contributed by atoms with E-state index < -0.39 is 0 Å². The number of imide groups is 1. The molecule has 1 heterocycles. The lowest BCUT2D eigenvalue weighted by atomic mass is 10.0. The highest BCUT2D eigenvalue weighted by molar-refractivity contribution is 5.98. The zero-order valence-corrected chi connectivity index (χ0v) is 10.3. The molecule has 1 atom stereocenters. The maximum atomic E-state index is 11.6. The minimum absolute atomic E-state index is 0.0493. The Bertz CT molecular complexity index is 457. The Labute approximate surface area is 106 Å². The summed E-state index contributed by atoms with van der Waals surface area (Å²) in [5, 5.41) is 0. The van der Waals surface area contributed by atoms with Crippen LogP contribution in [-0.4, -0.2) is 36.5 Å². The second kappa shape index (κ2) is 5.29. The van der Waals surface area contributed by atoms with Crippen molar-refractivity contribution in [3.05, 3.63) is 35.4 Å². The molecular formula is C13H16N2O3. The number of hydrogen-bond donors (Lipinski definition) is 1. The Morgan fingerprint density at radius 1 is 1.33 bits per heavy atom. The standard InChI is InChI=1S/C13H16N2O3/c1-9-3-2-4-10(5-9)11(14)6-15-12(16)7-18-8-13(15)17/h2-5,11H,6-8,14H2,1H3. The van der Waals surface area contributed by atoms with E-state index in [4.69, 9.17) is 10.5 Å². The number of benzene rings is 1. The number of carbonyl (C=O) groups is 2. The lowest BCUT2D eigenvalue weighted by Gasteiger charge is -2.27. The van der Waals surface area contributed by atoms with Crippen LogP contribution in [0.2, 0.25) is 0 Å². The third-order valence-electron chi connectivity index (χ3n) is 2.90. The zero-order valence-electron chi connectivity index (χ0n) is 10.3. The van der Waals surface area contributed by atoms with Gasteiger partial charge in [-0.05, 0) is 12.5 Å². The number of morpholine rings is 1. The summed E-state index contributed by atoms with van der Waals surface area (Å²) >= 11 is 0. The Kier molecular flexibility index (Phi) is 3.74. The van der Waals surface area contributed by atoms with Gasteiger partial charge >= 0.3 is 0 Å². The van der Waals surface area contributed by atoms with Crippen molar-refractivity contribution in [2.24, 2.45) is 5.73 Å². The number of nitrogens with two attached hydrogens (primary N) is 1. The molecule has 96 valence electrons. The van der Waals surface area contributed by atoms with Crippen LogP contribution in [0.5, 0.6) is 0 Å². The third kappa shape index (κ3) is 2.75. The van der Waals surface area contributed by atoms with E-state index >= 15 is 0 Å². The summed E-state index contributed by atoms with van der Waals surface area (Å²) in [5.41, 5.74) is 8.05. The first-order chi connectivity index (χ1) is 8.58. The van der Waals surface area contributed by atoms with Gasteiger partial charge in [0.15, 0.2) is 0 Å². The molecule has 5 nitrogen and oxygen atoms in total. The van der Waals surface area contributed by atoms with Crippen molar-refractivity contribution in [1.29, 1.82) is 0 Å². The van der Waals surface area contributed by atoms with E-state index in [9.17, 15) is 9.59 Å². The van der Waals surface area contributed by atoms with Crippen LogP contribution in [0.3, 0.4) is 0 Å². The van der Waals surface area contributed by atoms with Gasteiger partial charge in [-0.3, -0.25) is 14.5 Å². The number of aryl methyl sites for hydroxylation is 1. The molecule has 2 N–H and O–H groups in total. The summed E-state index contributed by atoms with van der Waals surface area (Å²) in [6.45, 7) is 2.07. The topological polar surface area (TPSA) is 72.6 Å². The van der Waals surface area contributed by atoms with Crippen LogP contribution in [-0.2, 0) is 14.3 Å². The Morgan fingerprint density at radius 3 is 2.61 bits per heavy atom. The van der Waals surface area contributed by atoms with E-state index in [1.54, 1.807) is 0 Å². The van der Waals surface area contributed by atoms with E-state index in [2.05, 4.69) is 0 Å². The number of carbonyl (C=O) groups excluding carboxylic acids is 2. The first kappa shape index (κ1) is 12.7. The number of nitrogens with zero attached hydrogens (tertiary/aromatic N) is 1. The number of hydrogen-bond acceptors (Lipinski definition) is 4. The summed E-state index contributed by atoms with van der Waals surface area (Å²) < 4.78 is 4.85. The maximum Gasteiger partial charge on any atom is 0.255 e. The lowest BCUT2D eigenvalue weighted by Crippen LogP contribution is -2.48. The molecule has 0 aromatic heterocycles. The molecule has 2 amide bonds. The van der Waals surface area contributed by atoms with Gasteiger partial charge in [0.1, 0.15) is 13.2 Å². The smallest absolute Gasteiger partial charge is 0.255 e. The molecule has 2 rings (SSSR count). The monoisotopic (exact) mass is 248 g/mol. The largest absolute Gasteiger partial charge is 0.362 e. The van der Waals surface area contributed by atoms with Gasteiger partial charge in [0.05, 0.1) is 0 Å². The van der Waals surface area contributed by atoms with Gasteiger partial charge in [-0.25, -0.2) is 0 Å². The van der Waals surface area contributed by atoms with Crippen molar-refractivity contribution in [2.45, 2.75) is 13.0 Å². The fraction of sp³-hybridized carbons (Fsp3) is 0.385. The minimum atomic E-state index is -0.365. The van der Waals surface area contributed by atoms with Crippen LogP contribution in [0.4, 0.5) is 0 Å². The van der Waals surface area contributed by atoms with Crippen LogP contribution in [0.15, 0.2) is 24.3 Å². The van der Waals surface area contributed by atoms with Crippen molar-refractivity contribution in [3.8, 4) is 0 Å². The number of ether oxygens (including phenoxy) is 1. The Hall–Kier alpha value is -1.72. The summed E-state index contributed by atoms with van der Waals surface area (Å²) in [6.07, 6.45) is 0. The van der Waals surface area contributed by atoms with Gasteiger partial charge < -0.3 is 10.5 Å². The molecule has 18 heavy (non-hydrogen) atoms. The molecule has 1 aliphatic rings. The average molecular weight is 248 g/mol. The van der Waals surface area contributed by atoms with Crippen LogP contribution in [0.1, 0.15) is 17.2 Å². The molecule has 0 aliphatic carbocycles. The van der Waals surface area contributed by atoms with Gasteiger partial charge in [-0.15, -0.1) is 0 Å². The average Bonchev–Trinajstić information content (AvgIpc) is 2.34. The van der Waals surface area contributed by atoms with E-state index in [1.807, 2.05) is 31.2 Å². The molecular weight excluding hydrogens is 232 g/mol. The van der Waals surface area contributed by atoms with E-state index in [-0.39, 0.29) is 37.6 Å². The molecule has 0 radical (unpaired) electrons. The van der Waals surface area contributed by atoms with Crippen LogP contribution >= 0.6 is 0 Å². The molecule has 0 spiro atoms. The Balaban J connectivity index is 2.08. The summed E-state index contributed by atoms with van der Waals surface area (Å²) in [7, 11) is 0. The van der Waals surface area contributed by atoms with Crippen molar-refractivity contribution in [3.63, 3.8) is 0 Å². The summed E-state index contributed by atoms with van der Waals surface area (Å²) in [4.78, 5) is 24.3. The predicted octanol–water partition coefficient (Wildman–Crippen LogP) is 0.380. The fourth-order valence-electron chi connectivity index (χ4n) is 1.93. The molecule has 1 saturated heterocycles. The molecule has 1 unspecified atom stereocenters. The van der Waals surface area contributed by atoms with Crippen molar-refractivity contribution < 1.29 is 14.3 Å². The van der Waals surface area contributed by atoms with Crippen LogP contribution in [0.25, 0.3) is 0 Å². The fourth-order valence-corrected chi connectivity index (χ4v) is 1.93. The van der Waals surface area contributed by atoms with Crippen molar-refractivity contribution >= 4 is 11.8 Å². The number of amides is 2. The molecule has 0 bridgehead atoms. The van der Waals surface area contributed by atoms with Gasteiger partial charge in [0, 0.05) is 12.6 Å². The molecule has 1 aromatic carbocycles. The predicted molar refractivity (Wildman–Crippen MR) is 65.6 cm³/mol. The second-order valence-electron chi connectivity index (χ2n) is 4.41. The third-order valence-corrected chi connectivity index (χ3v) is 2.90.